The number of hydrogen-bond acceptors (Lipinski definition) is 5. The van der Waals surface area contributed by atoms with Crippen LogP contribution in [0.15, 0.2) is 77.7 Å². The molecule has 3 aromatic carbocycles. The maximum atomic E-state index is 12.9. The van der Waals surface area contributed by atoms with E-state index < -0.39 is 10.0 Å². The molecule has 0 saturated carbocycles. The zero-order valence-corrected chi connectivity index (χ0v) is 19.1. The Morgan fingerprint density at radius 3 is 2.45 bits per heavy atom. The maximum absolute atomic E-state index is 12.9. The molecule has 0 atom stereocenters. The summed E-state index contributed by atoms with van der Waals surface area (Å²) in [6.45, 7) is 0. The molecule has 0 radical (unpaired) electrons. The summed E-state index contributed by atoms with van der Waals surface area (Å²) in [6, 6.07) is 20.8. The smallest absolute Gasteiger partial charge is 0.265 e. The number of halogens is 1. The first-order valence-electron chi connectivity index (χ1n) is 9.26. The number of hydrogen-bond donors (Lipinski definition) is 2. The zero-order chi connectivity index (χ0) is 22.3. The summed E-state index contributed by atoms with van der Waals surface area (Å²) in [5.74, 6) is 0.864. The predicted molar refractivity (Wildman–Crippen MR) is 126 cm³/mol. The van der Waals surface area contributed by atoms with Gasteiger partial charge in [0.2, 0.25) is 5.91 Å². The Kier molecular flexibility index (Phi) is 7.84. The van der Waals surface area contributed by atoms with Crippen LogP contribution in [-0.2, 0) is 20.6 Å². The molecule has 0 fully saturated rings. The summed E-state index contributed by atoms with van der Waals surface area (Å²) in [6.07, 6.45) is 0. The van der Waals surface area contributed by atoms with Crippen LogP contribution in [0.1, 0.15) is 5.56 Å². The highest BCUT2D eigenvalue weighted by atomic mass is 35.5. The molecule has 0 saturated heterocycles. The minimum atomic E-state index is -4.01. The van der Waals surface area contributed by atoms with E-state index in [2.05, 4.69) is 10.0 Å². The van der Waals surface area contributed by atoms with Gasteiger partial charge in [0.1, 0.15) is 10.6 Å². The number of ether oxygens (including phenoxy) is 1. The number of rotatable bonds is 9. The summed E-state index contributed by atoms with van der Waals surface area (Å²) in [4.78, 5) is 12.2. The van der Waals surface area contributed by atoms with Crippen molar-refractivity contribution in [2.75, 3.05) is 22.9 Å². The van der Waals surface area contributed by atoms with Crippen molar-refractivity contribution in [1.29, 1.82) is 0 Å². The Labute approximate surface area is 191 Å². The third-order valence-corrected chi connectivity index (χ3v) is 6.92. The molecular formula is C22H21ClN2O4S2. The number of thioether (sulfide) groups is 1. The van der Waals surface area contributed by atoms with Crippen LogP contribution < -0.4 is 14.8 Å². The van der Waals surface area contributed by atoms with Gasteiger partial charge in [-0.1, -0.05) is 54.1 Å². The number of anilines is 2. The maximum Gasteiger partial charge on any atom is 0.265 e. The molecule has 3 rings (SSSR count). The number of benzene rings is 3. The number of carbonyl (C=O) groups is 1. The van der Waals surface area contributed by atoms with Gasteiger partial charge in [-0.25, -0.2) is 8.42 Å². The first-order chi connectivity index (χ1) is 14.9. The van der Waals surface area contributed by atoms with Gasteiger partial charge >= 0.3 is 0 Å². The lowest BCUT2D eigenvalue weighted by molar-refractivity contribution is -0.113. The Morgan fingerprint density at radius 2 is 1.74 bits per heavy atom. The molecule has 0 aliphatic rings. The fourth-order valence-electron chi connectivity index (χ4n) is 2.74. The molecule has 31 heavy (non-hydrogen) atoms. The monoisotopic (exact) mass is 476 g/mol. The number of amides is 1. The van der Waals surface area contributed by atoms with E-state index in [4.69, 9.17) is 16.3 Å². The Bertz CT molecular complexity index is 1160. The van der Waals surface area contributed by atoms with Crippen molar-refractivity contribution >= 4 is 50.7 Å². The molecule has 0 heterocycles. The van der Waals surface area contributed by atoms with Crippen LogP contribution in [0.2, 0.25) is 5.02 Å². The molecule has 0 aliphatic carbocycles. The van der Waals surface area contributed by atoms with Crippen LogP contribution in [0.4, 0.5) is 11.4 Å². The second-order valence-electron chi connectivity index (χ2n) is 6.48. The fourth-order valence-corrected chi connectivity index (χ4v) is 5.04. The van der Waals surface area contributed by atoms with Gasteiger partial charge in [-0.05, 0) is 35.9 Å². The van der Waals surface area contributed by atoms with Gasteiger partial charge in [-0.3, -0.25) is 9.52 Å². The van der Waals surface area contributed by atoms with E-state index in [0.29, 0.717) is 11.4 Å². The first kappa shape index (κ1) is 23.0. The van der Waals surface area contributed by atoms with E-state index in [1.807, 2.05) is 30.3 Å². The average Bonchev–Trinajstić information content (AvgIpc) is 2.76. The van der Waals surface area contributed by atoms with E-state index in [9.17, 15) is 13.2 Å². The van der Waals surface area contributed by atoms with Crippen molar-refractivity contribution in [3.63, 3.8) is 0 Å². The molecule has 2 N–H and O–H groups in total. The van der Waals surface area contributed by atoms with Gasteiger partial charge in [-0.15, -0.1) is 11.8 Å². The van der Waals surface area contributed by atoms with Crippen molar-refractivity contribution < 1.29 is 17.9 Å². The summed E-state index contributed by atoms with van der Waals surface area (Å²) < 4.78 is 33.5. The highest BCUT2D eigenvalue weighted by molar-refractivity contribution is 7.99. The molecule has 9 heteroatoms. The van der Waals surface area contributed by atoms with Crippen LogP contribution in [0.5, 0.6) is 5.75 Å². The third-order valence-electron chi connectivity index (χ3n) is 4.20. The van der Waals surface area contributed by atoms with E-state index >= 15 is 0 Å². The Hall–Kier alpha value is -2.68. The van der Waals surface area contributed by atoms with Crippen LogP contribution in [-0.4, -0.2) is 27.2 Å². The van der Waals surface area contributed by atoms with Crippen molar-refractivity contribution in [2.24, 2.45) is 0 Å². The largest absolute Gasteiger partial charge is 0.495 e. The molecule has 0 bridgehead atoms. The van der Waals surface area contributed by atoms with Crippen LogP contribution in [0.25, 0.3) is 0 Å². The van der Waals surface area contributed by atoms with E-state index in [0.717, 1.165) is 5.56 Å². The SMILES string of the molecule is COc1ccc(NC(=O)CSCc2ccccc2)cc1S(=O)(=O)Nc1ccccc1Cl. The number of methoxy groups -OCH3 is 1. The van der Waals surface area contributed by atoms with E-state index in [1.54, 1.807) is 30.3 Å². The van der Waals surface area contributed by atoms with Crippen molar-refractivity contribution in [3.05, 3.63) is 83.4 Å². The van der Waals surface area contributed by atoms with Gasteiger partial charge in [-0.2, -0.15) is 0 Å². The lowest BCUT2D eigenvalue weighted by Crippen LogP contribution is -2.17. The zero-order valence-electron chi connectivity index (χ0n) is 16.7. The van der Waals surface area contributed by atoms with Crippen LogP contribution in [0, 0.1) is 0 Å². The summed E-state index contributed by atoms with van der Waals surface area (Å²) in [5.41, 5.74) is 1.73. The fraction of sp³-hybridized carbons (Fsp3) is 0.136. The minimum absolute atomic E-state index is 0.107. The minimum Gasteiger partial charge on any atom is -0.495 e. The molecule has 6 nitrogen and oxygen atoms in total. The van der Waals surface area contributed by atoms with E-state index in [-0.39, 0.29) is 33.0 Å². The standard InChI is InChI=1S/C22H21ClN2O4S2/c1-29-20-12-11-17(24-22(26)15-30-14-16-7-3-2-4-8-16)13-21(20)31(27,28)25-19-10-6-5-9-18(19)23/h2-13,25H,14-15H2,1H3,(H,24,26). The van der Waals surface area contributed by atoms with Gasteiger partial charge < -0.3 is 10.1 Å². The highest BCUT2D eigenvalue weighted by Gasteiger charge is 2.21. The first-order valence-corrected chi connectivity index (χ1v) is 12.3. The number of para-hydroxylation sites is 1. The second-order valence-corrected chi connectivity index (χ2v) is 9.52. The number of sulfonamides is 1. The van der Waals surface area contributed by atoms with Crippen LogP contribution >= 0.6 is 23.4 Å². The molecule has 0 spiro atoms. The summed E-state index contributed by atoms with van der Waals surface area (Å²) >= 11 is 7.54. The normalized spacial score (nSPS) is 11.0. The second kappa shape index (κ2) is 10.6. The third kappa shape index (κ3) is 6.40. The van der Waals surface area contributed by atoms with Crippen molar-refractivity contribution in [3.8, 4) is 5.75 Å². The highest BCUT2D eigenvalue weighted by Crippen LogP contribution is 2.31. The molecule has 3 aromatic rings. The summed E-state index contributed by atoms with van der Waals surface area (Å²) in [5, 5.41) is 3.00. The molecule has 0 aromatic heterocycles. The number of carbonyl (C=O) groups excluding carboxylic acids is 1. The van der Waals surface area contributed by atoms with Gasteiger partial charge in [0.05, 0.1) is 23.6 Å². The molecule has 0 unspecified atom stereocenters. The quantitative estimate of drug-likeness (QED) is 0.453. The lowest BCUT2D eigenvalue weighted by atomic mass is 10.2. The molecule has 0 aliphatic heterocycles. The van der Waals surface area contributed by atoms with Gasteiger partial charge in [0.25, 0.3) is 10.0 Å². The lowest BCUT2D eigenvalue weighted by Gasteiger charge is -2.14. The van der Waals surface area contributed by atoms with Gasteiger partial charge in [0, 0.05) is 11.4 Å². The van der Waals surface area contributed by atoms with Gasteiger partial charge in [0.15, 0.2) is 0 Å². The van der Waals surface area contributed by atoms with Crippen LogP contribution in [0.3, 0.4) is 0 Å². The molecule has 1 amide bonds. The topological polar surface area (TPSA) is 84.5 Å². The van der Waals surface area contributed by atoms with Crippen molar-refractivity contribution in [2.45, 2.75) is 10.6 Å². The molecule has 162 valence electrons. The van der Waals surface area contributed by atoms with E-state index in [1.165, 1.54) is 31.0 Å². The Morgan fingerprint density at radius 1 is 1.03 bits per heavy atom. The molecular weight excluding hydrogens is 456 g/mol. The van der Waals surface area contributed by atoms with Crippen molar-refractivity contribution in [1.82, 2.24) is 0 Å². The average molecular weight is 477 g/mol. The predicted octanol–water partition coefficient (Wildman–Crippen LogP) is 5.02. The number of nitrogens with one attached hydrogen (secondary N) is 2. The summed E-state index contributed by atoms with van der Waals surface area (Å²) in [7, 11) is -2.63. The Balaban J connectivity index is 1.71.